The number of anilines is 1. The first-order chi connectivity index (χ1) is 11.7. The summed E-state index contributed by atoms with van der Waals surface area (Å²) >= 11 is 0. The monoisotopic (exact) mass is 330 g/mol. The van der Waals surface area contributed by atoms with Gasteiger partial charge in [-0.25, -0.2) is 14.4 Å². The molecule has 1 fully saturated rings. The molecule has 7 heteroatoms. The minimum atomic E-state index is -0.289. The summed E-state index contributed by atoms with van der Waals surface area (Å²) in [6, 6.07) is 8.12. The van der Waals surface area contributed by atoms with Crippen molar-refractivity contribution >= 4 is 11.9 Å². The number of morpholine rings is 1. The Labute approximate surface area is 139 Å². The number of ether oxygens (including phenoxy) is 1. The fraction of sp³-hybridized carbons (Fsp3) is 0.353. The van der Waals surface area contributed by atoms with Crippen LogP contribution < -0.4 is 10.2 Å². The zero-order valence-corrected chi connectivity index (χ0v) is 13.2. The van der Waals surface area contributed by atoms with Crippen LogP contribution in [0.15, 0.2) is 36.5 Å². The van der Waals surface area contributed by atoms with Crippen LogP contribution in [0.4, 0.5) is 10.3 Å². The molecule has 24 heavy (non-hydrogen) atoms. The molecule has 1 aromatic heterocycles. The molecule has 0 radical (unpaired) electrons. The lowest BCUT2D eigenvalue weighted by Gasteiger charge is -2.26. The summed E-state index contributed by atoms with van der Waals surface area (Å²) in [6.07, 6.45) is 2.00. The zero-order valence-electron chi connectivity index (χ0n) is 13.2. The summed E-state index contributed by atoms with van der Waals surface area (Å²) in [7, 11) is 0. The number of aromatic nitrogens is 2. The first-order valence-corrected chi connectivity index (χ1v) is 7.91. The third kappa shape index (κ3) is 4.05. The van der Waals surface area contributed by atoms with E-state index in [-0.39, 0.29) is 11.7 Å². The first-order valence-electron chi connectivity index (χ1n) is 7.91. The molecule has 1 aliphatic heterocycles. The zero-order chi connectivity index (χ0) is 16.8. The van der Waals surface area contributed by atoms with Crippen molar-refractivity contribution in [2.24, 2.45) is 0 Å². The maximum absolute atomic E-state index is 13.5. The lowest BCUT2D eigenvalue weighted by Crippen LogP contribution is -2.37. The molecule has 0 unspecified atom stereocenters. The van der Waals surface area contributed by atoms with Crippen molar-refractivity contribution in [3.8, 4) is 0 Å². The highest BCUT2D eigenvalue weighted by atomic mass is 19.1. The Morgan fingerprint density at radius 2 is 2.04 bits per heavy atom. The van der Waals surface area contributed by atoms with E-state index in [4.69, 9.17) is 4.74 Å². The smallest absolute Gasteiger partial charge is 0.270 e. The number of hydrogen-bond donors (Lipinski definition) is 1. The molecule has 6 nitrogen and oxygen atoms in total. The Morgan fingerprint density at radius 1 is 1.25 bits per heavy atom. The number of halogens is 1. The molecular weight excluding hydrogens is 311 g/mol. The van der Waals surface area contributed by atoms with Crippen molar-refractivity contribution < 1.29 is 13.9 Å². The van der Waals surface area contributed by atoms with Crippen LogP contribution in [0, 0.1) is 5.82 Å². The van der Waals surface area contributed by atoms with Crippen LogP contribution in [0.2, 0.25) is 0 Å². The van der Waals surface area contributed by atoms with Crippen molar-refractivity contribution in [2.75, 3.05) is 37.7 Å². The van der Waals surface area contributed by atoms with E-state index in [1.165, 1.54) is 6.07 Å². The molecule has 0 saturated carbocycles. The van der Waals surface area contributed by atoms with Gasteiger partial charge in [-0.05, 0) is 24.1 Å². The van der Waals surface area contributed by atoms with Crippen LogP contribution in [0.5, 0.6) is 0 Å². The van der Waals surface area contributed by atoms with Crippen LogP contribution in [-0.4, -0.2) is 48.7 Å². The lowest BCUT2D eigenvalue weighted by atomic mass is 10.1. The minimum Gasteiger partial charge on any atom is -0.378 e. The third-order valence-corrected chi connectivity index (χ3v) is 3.81. The summed E-state index contributed by atoms with van der Waals surface area (Å²) in [5, 5.41) is 2.77. The Hall–Kier alpha value is -2.54. The largest absolute Gasteiger partial charge is 0.378 e. The van der Waals surface area contributed by atoms with Gasteiger partial charge in [-0.2, -0.15) is 0 Å². The number of nitrogens with one attached hydrogen (secondary N) is 1. The molecule has 0 bridgehead atoms. The minimum absolute atomic E-state index is 0.261. The van der Waals surface area contributed by atoms with Crippen molar-refractivity contribution in [1.82, 2.24) is 15.3 Å². The highest BCUT2D eigenvalue weighted by Crippen LogP contribution is 2.10. The van der Waals surface area contributed by atoms with Crippen LogP contribution in [0.25, 0.3) is 0 Å². The average molecular weight is 330 g/mol. The number of hydrogen-bond acceptors (Lipinski definition) is 5. The Morgan fingerprint density at radius 3 is 2.83 bits per heavy atom. The van der Waals surface area contributed by atoms with E-state index < -0.39 is 0 Å². The van der Waals surface area contributed by atoms with E-state index in [1.807, 2.05) is 4.90 Å². The van der Waals surface area contributed by atoms with E-state index >= 15 is 0 Å². The molecular formula is C17H19FN4O2. The Bertz CT molecular complexity index is 704. The second kappa shape index (κ2) is 7.83. The van der Waals surface area contributed by atoms with Crippen LogP contribution >= 0.6 is 0 Å². The highest BCUT2D eigenvalue weighted by Gasteiger charge is 2.16. The SMILES string of the molecule is O=C(NCCc1ccccc1F)c1ccnc(N2CCOCC2)n1. The first kappa shape index (κ1) is 16.3. The van der Waals surface area contributed by atoms with Gasteiger partial charge >= 0.3 is 0 Å². The van der Waals surface area contributed by atoms with Crippen molar-refractivity contribution in [1.29, 1.82) is 0 Å². The quantitative estimate of drug-likeness (QED) is 0.898. The summed E-state index contributed by atoms with van der Waals surface area (Å²) in [6.45, 7) is 3.01. The Kier molecular flexibility index (Phi) is 5.32. The van der Waals surface area contributed by atoms with Gasteiger partial charge < -0.3 is 15.0 Å². The van der Waals surface area contributed by atoms with Crippen molar-refractivity contribution in [2.45, 2.75) is 6.42 Å². The third-order valence-electron chi connectivity index (χ3n) is 3.81. The highest BCUT2D eigenvalue weighted by molar-refractivity contribution is 5.92. The van der Waals surface area contributed by atoms with Gasteiger partial charge in [0, 0.05) is 25.8 Å². The fourth-order valence-electron chi connectivity index (χ4n) is 2.49. The normalized spacial score (nSPS) is 14.5. The molecule has 2 heterocycles. The van der Waals surface area contributed by atoms with Gasteiger partial charge in [-0.1, -0.05) is 18.2 Å². The van der Waals surface area contributed by atoms with E-state index in [2.05, 4.69) is 15.3 Å². The van der Waals surface area contributed by atoms with Gasteiger partial charge in [0.2, 0.25) is 5.95 Å². The molecule has 3 rings (SSSR count). The van der Waals surface area contributed by atoms with Gasteiger partial charge in [-0.15, -0.1) is 0 Å². The lowest BCUT2D eigenvalue weighted by molar-refractivity contribution is 0.0948. The maximum Gasteiger partial charge on any atom is 0.270 e. The van der Waals surface area contributed by atoms with E-state index in [9.17, 15) is 9.18 Å². The Balaban J connectivity index is 1.57. The van der Waals surface area contributed by atoms with Crippen LogP contribution in [0.1, 0.15) is 16.1 Å². The molecule has 0 aliphatic carbocycles. The number of benzene rings is 1. The molecule has 126 valence electrons. The number of carbonyl (C=O) groups excluding carboxylic acids is 1. The number of nitrogens with zero attached hydrogens (tertiary/aromatic N) is 3. The maximum atomic E-state index is 13.5. The van der Waals surface area contributed by atoms with Crippen LogP contribution in [-0.2, 0) is 11.2 Å². The van der Waals surface area contributed by atoms with Gasteiger partial charge in [0.05, 0.1) is 13.2 Å². The molecule has 2 aromatic rings. The predicted octanol–water partition coefficient (Wildman–Crippen LogP) is 1.42. The molecule has 1 aromatic carbocycles. The summed E-state index contributed by atoms with van der Waals surface area (Å²) < 4.78 is 18.8. The molecule has 1 amide bonds. The number of rotatable bonds is 5. The van der Waals surface area contributed by atoms with E-state index in [0.717, 1.165) is 0 Å². The second-order valence-electron chi connectivity index (χ2n) is 5.44. The van der Waals surface area contributed by atoms with Gasteiger partial charge in [0.15, 0.2) is 0 Å². The van der Waals surface area contributed by atoms with Crippen LogP contribution in [0.3, 0.4) is 0 Å². The molecule has 1 saturated heterocycles. The van der Waals surface area contributed by atoms with Crippen molar-refractivity contribution in [3.63, 3.8) is 0 Å². The molecule has 0 atom stereocenters. The number of amides is 1. The number of carbonyl (C=O) groups is 1. The van der Waals surface area contributed by atoms with E-state index in [0.29, 0.717) is 56.5 Å². The fourth-order valence-corrected chi connectivity index (χ4v) is 2.49. The molecule has 1 aliphatic rings. The summed E-state index contributed by atoms with van der Waals surface area (Å²) in [5.41, 5.74) is 0.884. The topological polar surface area (TPSA) is 67.4 Å². The second-order valence-corrected chi connectivity index (χ2v) is 5.44. The summed E-state index contributed by atoms with van der Waals surface area (Å²) in [5.74, 6) is -0.0216. The molecule has 1 N–H and O–H groups in total. The van der Waals surface area contributed by atoms with Crippen molar-refractivity contribution in [3.05, 3.63) is 53.6 Å². The van der Waals surface area contributed by atoms with Gasteiger partial charge in [-0.3, -0.25) is 4.79 Å². The van der Waals surface area contributed by atoms with E-state index in [1.54, 1.807) is 30.5 Å². The standard InChI is InChI=1S/C17H19FN4O2/c18-14-4-2-1-3-13(14)5-7-19-16(23)15-6-8-20-17(21-15)22-9-11-24-12-10-22/h1-4,6,8H,5,7,9-12H2,(H,19,23). The van der Waals surface area contributed by atoms with Gasteiger partial charge in [0.25, 0.3) is 5.91 Å². The average Bonchev–Trinajstić information content (AvgIpc) is 2.64. The molecule has 0 spiro atoms. The predicted molar refractivity (Wildman–Crippen MR) is 87.5 cm³/mol. The summed E-state index contributed by atoms with van der Waals surface area (Å²) in [4.78, 5) is 22.7. The van der Waals surface area contributed by atoms with Gasteiger partial charge in [0.1, 0.15) is 11.5 Å².